The third-order valence-electron chi connectivity index (χ3n) is 5.22. The van der Waals surface area contributed by atoms with Crippen LogP contribution in [-0.2, 0) is 4.74 Å². The molecule has 3 fully saturated rings. The molecular weight excluding hydrogens is 212 g/mol. The number of hydrogen-bond donors (Lipinski definition) is 1. The third-order valence-corrected chi connectivity index (χ3v) is 5.22. The first kappa shape index (κ1) is 11.9. The minimum absolute atomic E-state index is 0.500. The number of hydrogen-bond acceptors (Lipinski definition) is 3. The van der Waals surface area contributed by atoms with E-state index in [0.29, 0.717) is 11.6 Å². The third kappa shape index (κ3) is 2.13. The molecule has 0 aromatic heterocycles. The normalized spacial score (nSPS) is 37.9. The quantitative estimate of drug-likeness (QED) is 0.793. The Morgan fingerprint density at radius 2 is 1.94 bits per heavy atom. The van der Waals surface area contributed by atoms with Gasteiger partial charge in [0.1, 0.15) is 0 Å². The van der Waals surface area contributed by atoms with Crippen molar-refractivity contribution in [1.29, 1.82) is 0 Å². The average molecular weight is 238 g/mol. The van der Waals surface area contributed by atoms with Crippen molar-refractivity contribution in [3.8, 4) is 0 Å². The van der Waals surface area contributed by atoms with Crippen molar-refractivity contribution >= 4 is 0 Å². The Balaban J connectivity index is 1.67. The molecule has 0 aromatic carbocycles. The molecular formula is C14H26N2O. The molecule has 0 unspecified atom stereocenters. The van der Waals surface area contributed by atoms with E-state index < -0.39 is 0 Å². The Kier molecular flexibility index (Phi) is 3.42. The van der Waals surface area contributed by atoms with Crippen LogP contribution in [0.25, 0.3) is 0 Å². The number of nitrogens with zero attached hydrogens (tertiary/aromatic N) is 1. The van der Waals surface area contributed by atoms with Crippen LogP contribution in [0.15, 0.2) is 0 Å². The first-order chi connectivity index (χ1) is 8.34. The van der Waals surface area contributed by atoms with Crippen LogP contribution in [0.5, 0.6) is 0 Å². The van der Waals surface area contributed by atoms with Gasteiger partial charge < -0.3 is 10.1 Å². The van der Waals surface area contributed by atoms with Crippen molar-refractivity contribution < 1.29 is 4.74 Å². The number of methoxy groups -OCH3 is 1. The van der Waals surface area contributed by atoms with E-state index in [1.807, 2.05) is 7.11 Å². The van der Waals surface area contributed by atoms with Gasteiger partial charge in [0.25, 0.3) is 0 Å². The molecule has 17 heavy (non-hydrogen) atoms. The summed E-state index contributed by atoms with van der Waals surface area (Å²) >= 11 is 0. The van der Waals surface area contributed by atoms with Gasteiger partial charge >= 0.3 is 0 Å². The maximum Gasteiger partial charge on any atom is 0.0601 e. The molecule has 3 rings (SSSR count). The summed E-state index contributed by atoms with van der Waals surface area (Å²) in [5.41, 5.74) is 0.500. The van der Waals surface area contributed by atoms with Crippen molar-refractivity contribution in [2.24, 2.45) is 0 Å². The fourth-order valence-electron chi connectivity index (χ4n) is 4.09. The fraction of sp³-hybridized carbons (Fsp3) is 1.00. The Bertz CT molecular complexity index is 249. The lowest BCUT2D eigenvalue weighted by molar-refractivity contribution is -0.0866. The van der Waals surface area contributed by atoms with Crippen LogP contribution < -0.4 is 5.32 Å². The van der Waals surface area contributed by atoms with Crippen molar-refractivity contribution in [2.45, 2.75) is 62.6 Å². The maximum atomic E-state index is 5.44. The number of nitrogens with one attached hydrogen (secondary N) is 1. The van der Waals surface area contributed by atoms with Gasteiger partial charge in [-0.05, 0) is 25.7 Å². The zero-order valence-electron chi connectivity index (χ0n) is 11.1. The van der Waals surface area contributed by atoms with Crippen molar-refractivity contribution in [2.75, 3.05) is 26.7 Å². The number of ether oxygens (including phenoxy) is 1. The topological polar surface area (TPSA) is 24.5 Å². The molecule has 98 valence electrons. The summed E-state index contributed by atoms with van der Waals surface area (Å²) < 4.78 is 5.44. The van der Waals surface area contributed by atoms with Crippen LogP contribution in [0.2, 0.25) is 0 Å². The summed E-state index contributed by atoms with van der Waals surface area (Å²) in [6.07, 6.45) is 10.2. The van der Waals surface area contributed by atoms with E-state index in [2.05, 4.69) is 10.2 Å². The monoisotopic (exact) mass is 238 g/mol. The van der Waals surface area contributed by atoms with Gasteiger partial charge in [0.05, 0.1) is 6.10 Å². The summed E-state index contributed by atoms with van der Waals surface area (Å²) in [5.74, 6) is 0. The minimum Gasteiger partial charge on any atom is -0.381 e. The largest absolute Gasteiger partial charge is 0.381 e. The highest BCUT2D eigenvalue weighted by atomic mass is 16.5. The van der Waals surface area contributed by atoms with Crippen LogP contribution in [0.1, 0.15) is 44.9 Å². The van der Waals surface area contributed by atoms with Crippen molar-refractivity contribution in [1.82, 2.24) is 10.2 Å². The molecule has 0 bridgehead atoms. The van der Waals surface area contributed by atoms with Crippen LogP contribution in [-0.4, -0.2) is 49.3 Å². The first-order valence-electron chi connectivity index (χ1n) is 7.34. The summed E-state index contributed by atoms with van der Waals surface area (Å²) in [4.78, 5) is 2.85. The van der Waals surface area contributed by atoms with E-state index in [9.17, 15) is 0 Å². The smallest absolute Gasteiger partial charge is 0.0601 e. The first-order valence-corrected chi connectivity index (χ1v) is 7.34. The predicted molar refractivity (Wildman–Crippen MR) is 69.2 cm³/mol. The molecule has 1 heterocycles. The standard InChI is InChI=1S/C14H26N2O/c1-17-13-9-12(10-13)16-8-7-15-11-14(16)5-3-2-4-6-14/h12-13,15H,2-11H2,1H3. The second kappa shape index (κ2) is 4.87. The molecule has 1 saturated heterocycles. The lowest BCUT2D eigenvalue weighted by Gasteiger charge is -2.56. The molecule has 0 amide bonds. The number of rotatable bonds is 2. The van der Waals surface area contributed by atoms with E-state index >= 15 is 0 Å². The Labute approximate surface area is 105 Å². The lowest BCUT2D eigenvalue weighted by Crippen LogP contribution is -2.67. The molecule has 1 N–H and O–H groups in total. The van der Waals surface area contributed by atoms with Crippen molar-refractivity contribution in [3.05, 3.63) is 0 Å². The van der Waals surface area contributed by atoms with E-state index in [0.717, 1.165) is 6.04 Å². The molecule has 0 radical (unpaired) electrons. The predicted octanol–water partition coefficient (Wildman–Crippen LogP) is 1.77. The van der Waals surface area contributed by atoms with Crippen LogP contribution >= 0.6 is 0 Å². The van der Waals surface area contributed by atoms with Gasteiger partial charge in [-0.15, -0.1) is 0 Å². The van der Waals surface area contributed by atoms with Crippen LogP contribution in [0.3, 0.4) is 0 Å². The van der Waals surface area contributed by atoms with Gasteiger partial charge in [-0.1, -0.05) is 19.3 Å². The zero-order chi connectivity index (χ0) is 11.7. The SMILES string of the molecule is COC1CC(N2CCNCC23CCCCC3)C1. The molecule has 3 heteroatoms. The van der Waals surface area contributed by atoms with Crippen LogP contribution in [0, 0.1) is 0 Å². The molecule has 3 aliphatic rings. The molecule has 2 aliphatic carbocycles. The minimum atomic E-state index is 0.500. The summed E-state index contributed by atoms with van der Waals surface area (Å²) in [6, 6.07) is 0.806. The maximum absolute atomic E-state index is 5.44. The van der Waals surface area contributed by atoms with Gasteiger partial charge in [-0.25, -0.2) is 0 Å². The molecule has 1 aliphatic heterocycles. The molecule has 2 saturated carbocycles. The summed E-state index contributed by atoms with van der Waals surface area (Å²) in [5, 5.41) is 3.63. The lowest BCUT2D eigenvalue weighted by atomic mass is 9.75. The van der Waals surface area contributed by atoms with E-state index in [1.165, 1.54) is 64.6 Å². The average Bonchev–Trinajstić information content (AvgIpc) is 2.31. The Morgan fingerprint density at radius 3 is 2.65 bits per heavy atom. The molecule has 0 atom stereocenters. The highest BCUT2D eigenvalue weighted by Gasteiger charge is 2.46. The fourth-order valence-corrected chi connectivity index (χ4v) is 4.09. The number of piperazine rings is 1. The Morgan fingerprint density at radius 1 is 1.18 bits per heavy atom. The van der Waals surface area contributed by atoms with Crippen molar-refractivity contribution in [3.63, 3.8) is 0 Å². The molecule has 3 nitrogen and oxygen atoms in total. The van der Waals surface area contributed by atoms with Gasteiger partial charge in [0.2, 0.25) is 0 Å². The van der Waals surface area contributed by atoms with Gasteiger partial charge in [0.15, 0.2) is 0 Å². The van der Waals surface area contributed by atoms with E-state index in [-0.39, 0.29) is 0 Å². The second-order valence-corrected chi connectivity index (χ2v) is 6.14. The van der Waals surface area contributed by atoms with Gasteiger partial charge in [-0.3, -0.25) is 4.90 Å². The van der Waals surface area contributed by atoms with E-state index in [4.69, 9.17) is 4.74 Å². The Hall–Kier alpha value is -0.120. The van der Waals surface area contributed by atoms with Gasteiger partial charge in [0, 0.05) is 38.3 Å². The van der Waals surface area contributed by atoms with Gasteiger partial charge in [-0.2, -0.15) is 0 Å². The highest BCUT2D eigenvalue weighted by molar-refractivity contribution is 5.03. The zero-order valence-corrected chi connectivity index (χ0v) is 11.1. The van der Waals surface area contributed by atoms with Crippen LogP contribution in [0.4, 0.5) is 0 Å². The highest BCUT2D eigenvalue weighted by Crippen LogP contribution is 2.40. The molecule has 1 spiro atoms. The second-order valence-electron chi connectivity index (χ2n) is 6.14. The summed E-state index contributed by atoms with van der Waals surface area (Å²) in [7, 11) is 1.86. The van der Waals surface area contributed by atoms with E-state index in [1.54, 1.807) is 0 Å². The summed E-state index contributed by atoms with van der Waals surface area (Å²) in [6.45, 7) is 3.65. The molecule has 0 aromatic rings.